The van der Waals surface area contributed by atoms with Crippen LogP contribution in [0.25, 0.3) is 0 Å². The largest absolute Gasteiger partial charge is 0.378 e. The Balaban J connectivity index is 2.16. The summed E-state index contributed by atoms with van der Waals surface area (Å²) in [7, 11) is 0.341. The molecule has 0 atom stereocenters. The quantitative estimate of drug-likeness (QED) is 0.887. The Labute approximate surface area is 132 Å². The van der Waals surface area contributed by atoms with E-state index in [-0.39, 0.29) is 4.90 Å². The van der Waals surface area contributed by atoms with Crippen molar-refractivity contribution in [2.24, 2.45) is 0 Å². The van der Waals surface area contributed by atoms with Crippen LogP contribution in [-0.2, 0) is 16.4 Å². The number of aryl methyl sites for hydroxylation is 1. The van der Waals surface area contributed by atoms with Crippen LogP contribution in [0.4, 0.5) is 11.4 Å². The van der Waals surface area contributed by atoms with Crippen LogP contribution in [0, 0.1) is 0 Å². The fourth-order valence-electron chi connectivity index (χ4n) is 2.17. The van der Waals surface area contributed by atoms with Gasteiger partial charge in [-0.1, -0.05) is 25.5 Å². The van der Waals surface area contributed by atoms with Crippen molar-refractivity contribution in [3.8, 4) is 0 Å². The SMILES string of the molecule is CCCc1ccc(S(=O)(=O)Nc2ccc(N(C)C)cc2)cc1. The van der Waals surface area contributed by atoms with Crippen LogP contribution in [0.1, 0.15) is 18.9 Å². The van der Waals surface area contributed by atoms with E-state index in [0.717, 1.165) is 24.1 Å². The van der Waals surface area contributed by atoms with Gasteiger partial charge in [0.1, 0.15) is 0 Å². The first-order valence-corrected chi connectivity index (χ1v) is 8.80. The van der Waals surface area contributed by atoms with E-state index in [1.807, 2.05) is 43.3 Å². The zero-order valence-corrected chi connectivity index (χ0v) is 14.0. The van der Waals surface area contributed by atoms with E-state index < -0.39 is 10.0 Å². The number of sulfonamides is 1. The molecule has 0 aliphatic rings. The molecule has 0 fully saturated rings. The van der Waals surface area contributed by atoms with E-state index in [9.17, 15) is 8.42 Å². The first-order chi connectivity index (χ1) is 10.4. The van der Waals surface area contributed by atoms with Gasteiger partial charge in [-0.3, -0.25) is 4.72 Å². The lowest BCUT2D eigenvalue weighted by Gasteiger charge is -2.13. The Bertz CT molecular complexity index is 705. The lowest BCUT2D eigenvalue weighted by atomic mass is 10.1. The fraction of sp³-hybridized carbons (Fsp3) is 0.294. The number of benzene rings is 2. The Morgan fingerprint density at radius 1 is 0.955 bits per heavy atom. The lowest BCUT2D eigenvalue weighted by molar-refractivity contribution is 0.601. The van der Waals surface area contributed by atoms with Crippen LogP contribution >= 0.6 is 0 Å². The van der Waals surface area contributed by atoms with Gasteiger partial charge in [0, 0.05) is 25.5 Å². The van der Waals surface area contributed by atoms with Crippen molar-refractivity contribution in [1.29, 1.82) is 0 Å². The van der Waals surface area contributed by atoms with Crippen molar-refractivity contribution in [3.63, 3.8) is 0 Å². The average Bonchev–Trinajstić information content (AvgIpc) is 2.48. The summed E-state index contributed by atoms with van der Waals surface area (Å²) in [5.74, 6) is 0. The van der Waals surface area contributed by atoms with E-state index >= 15 is 0 Å². The number of rotatable bonds is 6. The molecule has 0 spiro atoms. The standard InChI is InChI=1S/C17H22N2O2S/c1-4-5-14-6-12-17(13-7-14)22(20,21)18-15-8-10-16(11-9-15)19(2)3/h6-13,18H,4-5H2,1-3H3. The van der Waals surface area contributed by atoms with E-state index in [4.69, 9.17) is 0 Å². The van der Waals surface area contributed by atoms with Gasteiger partial charge < -0.3 is 4.90 Å². The molecule has 0 heterocycles. The average molecular weight is 318 g/mol. The highest BCUT2D eigenvalue weighted by Gasteiger charge is 2.14. The zero-order valence-electron chi connectivity index (χ0n) is 13.2. The van der Waals surface area contributed by atoms with Gasteiger partial charge in [0.25, 0.3) is 10.0 Å². The molecule has 22 heavy (non-hydrogen) atoms. The summed E-state index contributed by atoms with van der Waals surface area (Å²) >= 11 is 0. The van der Waals surface area contributed by atoms with Crippen LogP contribution in [0.2, 0.25) is 0 Å². The van der Waals surface area contributed by atoms with Crippen LogP contribution in [0.3, 0.4) is 0 Å². The van der Waals surface area contributed by atoms with Gasteiger partial charge in [0.05, 0.1) is 4.90 Å². The molecule has 2 aromatic carbocycles. The third-order valence-electron chi connectivity index (χ3n) is 3.41. The molecule has 1 N–H and O–H groups in total. The molecule has 0 bridgehead atoms. The Morgan fingerprint density at radius 2 is 1.55 bits per heavy atom. The van der Waals surface area contributed by atoms with E-state index in [1.54, 1.807) is 24.3 Å². The number of hydrogen-bond donors (Lipinski definition) is 1. The third kappa shape index (κ3) is 4.01. The number of nitrogens with one attached hydrogen (secondary N) is 1. The molecule has 0 radical (unpaired) electrons. The summed E-state index contributed by atoms with van der Waals surface area (Å²) in [6.45, 7) is 2.10. The van der Waals surface area contributed by atoms with Crippen molar-refractivity contribution in [2.75, 3.05) is 23.7 Å². The highest BCUT2D eigenvalue weighted by molar-refractivity contribution is 7.92. The predicted molar refractivity (Wildman–Crippen MR) is 92.0 cm³/mol. The molecule has 2 rings (SSSR count). The number of anilines is 2. The summed E-state index contributed by atoms with van der Waals surface area (Å²) < 4.78 is 27.3. The van der Waals surface area contributed by atoms with Gasteiger partial charge in [-0.25, -0.2) is 8.42 Å². The third-order valence-corrected chi connectivity index (χ3v) is 4.81. The van der Waals surface area contributed by atoms with Crippen LogP contribution in [0.5, 0.6) is 0 Å². The van der Waals surface area contributed by atoms with Crippen LogP contribution in [0.15, 0.2) is 53.4 Å². The second-order valence-electron chi connectivity index (χ2n) is 5.44. The minimum atomic E-state index is -3.54. The molecular formula is C17H22N2O2S. The highest BCUT2D eigenvalue weighted by atomic mass is 32.2. The van der Waals surface area contributed by atoms with Gasteiger partial charge in [0.2, 0.25) is 0 Å². The van der Waals surface area contributed by atoms with Gasteiger partial charge >= 0.3 is 0 Å². The van der Waals surface area contributed by atoms with Crippen molar-refractivity contribution < 1.29 is 8.42 Å². The van der Waals surface area contributed by atoms with Gasteiger partial charge in [-0.2, -0.15) is 0 Å². The van der Waals surface area contributed by atoms with Gasteiger partial charge in [-0.15, -0.1) is 0 Å². The van der Waals surface area contributed by atoms with Gasteiger partial charge in [-0.05, 0) is 48.4 Å². The second kappa shape index (κ2) is 6.83. The summed E-state index contributed by atoms with van der Waals surface area (Å²) in [5, 5.41) is 0. The maximum atomic E-state index is 12.4. The maximum Gasteiger partial charge on any atom is 0.261 e. The first-order valence-electron chi connectivity index (χ1n) is 7.31. The molecule has 5 heteroatoms. The minimum Gasteiger partial charge on any atom is -0.378 e. The first kappa shape index (κ1) is 16.4. The summed E-state index contributed by atoms with van der Waals surface area (Å²) in [4.78, 5) is 2.24. The molecule has 0 saturated carbocycles. The topological polar surface area (TPSA) is 49.4 Å². The molecule has 118 valence electrons. The maximum absolute atomic E-state index is 12.4. The second-order valence-corrected chi connectivity index (χ2v) is 7.12. The predicted octanol–water partition coefficient (Wildman–Crippen LogP) is 3.51. The molecule has 0 aliphatic heterocycles. The summed E-state index contributed by atoms with van der Waals surface area (Å²) in [6.07, 6.45) is 2.00. The monoisotopic (exact) mass is 318 g/mol. The molecule has 2 aromatic rings. The van der Waals surface area contributed by atoms with E-state index in [1.165, 1.54) is 0 Å². The van der Waals surface area contributed by atoms with E-state index in [0.29, 0.717) is 5.69 Å². The van der Waals surface area contributed by atoms with Crippen molar-refractivity contribution in [2.45, 2.75) is 24.7 Å². The Hall–Kier alpha value is -2.01. The highest BCUT2D eigenvalue weighted by Crippen LogP contribution is 2.20. The number of nitrogens with zero attached hydrogens (tertiary/aromatic N) is 1. The molecule has 0 amide bonds. The lowest BCUT2D eigenvalue weighted by Crippen LogP contribution is -2.13. The van der Waals surface area contributed by atoms with Crippen molar-refractivity contribution in [1.82, 2.24) is 0 Å². The molecule has 4 nitrogen and oxygen atoms in total. The Morgan fingerprint density at radius 3 is 2.05 bits per heavy atom. The van der Waals surface area contributed by atoms with Crippen molar-refractivity contribution in [3.05, 3.63) is 54.1 Å². The summed E-state index contributed by atoms with van der Waals surface area (Å²) in [5.41, 5.74) is 2.73. The van der Waals surface area contributed by atoms with Crippen molar-refractivity contribution >= 4 is 21.4 Å². The molecule has 0 aliphatic carbocycles. The minimum absolute atomic E-state index is 0.282. The van der Waals surface area contributed by atoms with Gasteiger partial charge in [0.15, 0.2) is 0 Å². The molecule has 0 aromatic heterocycles. The summed E-state index contributed by atoms with van der Waals surface area (Å²) in [6, 6.07) is 14.3. The zero-order chi connectivity index (χ0) is 16.2. The normalized spacial score (nSPS) is 11.2. The van der Waals surface area contributed by atoms with E-state index in [2.05, 4.69) is 11.6 Å². The van der Waals surface area contributed by atoms with Crippen LogP contribution < -0.4 is 9.62 Å². The molecule has 0 saturated heterocycles. The Kier molecular flexibility index (Phi) is 5.08. The fourth-order valence-corrected chi connectivity index (χ4v) is 3.22. The van der Waals surface area contributed by atoms with Crippen LogP contribution in [-0.4, -0.2) is 22.5 Å². The molecular weight excluding hydrogens is 296 g/mol. The molecule has 0 unspecified atom stereocenters. The smallest absolute Gasteiger partial charge is 0.261 e. The number of hydrogen-bond acceptors (Lipinski definition) is 3.